The number of nitrogens with zero attached hydrogens (tertiary/aromatic N) is 4. The van der Waals surface area contributed by atoms with Gasteiger partial charge in [0, 0.05) is 34.1 Å². The molecule has 1 aliphatic rings. The van der Waals surface area contributed by atoms with Crippen molar-refractivity contribution in [1.82, 2.24) is 19.9 Å². The van der Waals surface area contributed by atoms with Gasteiger partial charge in [-0.05, 0) is 13.8 Å². The predicted octanol–water partition coefficient (Wildman–Crippen LogP) is 0.0525. The minimum Gasteiger partial charge on any atom is -0.361 e. The fourth-order valence-electron chi connectivity index (χ4n) is 2.80. The van der Waals surface area contributed by atoms with E-state index >= 15 is 0 Å². The molecule has 1 atom stereocenters. The maximum atomic E-state index is 12.7. The molecule has 3 amide bonds. The summed E-state index contributed by atoms with van der Waals surface area (Å²) in [5.74, 6) is -0.135. The Labute approximate surface area is 135 Å². The van der Waals surface area contributed by atoms with Gasteiger partial charge in [0.05, 0.1) is 12.2 Å². The Balaban J connectivity index is 2.25. The first-order chi connectivity index (χ1) is 10.7. The van der Waals surface area contributed by atoms with Crippen LogP contribution >= 0.6 is 0 Å². The Hall–Kier alpha value is -2.38. The molecule has 1 aromatic heterocycles. The molecule has 1 aliphatic heterocycles. The zero-order valence-electron chi connectivity index (χ0n) is 14.1. The van der Waals surface area contributed by atoms with Crippen molar-refractivity contribution in [3.8, 4) is 0 Å². The molecule has 1 aromatic rings. The largest absolute Gasteiger partial charge is 0.361 e. The molecule has 0 N–H and O–H groups in total. The molecule has 0 bridgehead atoms. The van der Waals surface area contributed by atoms with E-state index in [0.717, 1.165) is 0 Å². The van der Waals surface area contributed by atoms with Crippen LogP contribution in [0.15, 0.2) is 4.52 Å². The van der Waals surface area contributed by atoms with Crippen LogP contribution in [0.1, 0.15) is 28.7 Å². The van der Waals surface area contributed by atoms with Gasteiger partial charge in [-0.15, -0.1) is 0 Å². The number of hydrogen-bond donors (Lipinski definition) is 0. The van der Waals surface area contributed by atoms with Crippen LogP contribution in [-0.2, 0) is 9.59 Å². The van der Waals surface area contributed by atoms with E-state index in [0.29, 0.717) is 30.1 Å². The molecule has 0 spiro atoms. The van der Waals surface area contributed by atoms with Gasteiger partial charge in [0.15, 0.2) is 0 Å². The minimum absolute atomic E-state index is 0.166. The Morgan fingerprint density at radius 2 is 1.87 bits per heavy atom. The average Bonchev–Trinajstić information content (AvgIpc) is 2.83. The second-order valence-electron chi connectivity index (χ2n) is 5.91. The van der Waals surface area contributed by atoms with Crippen LogP contribution in [0.4, 0.5) is 0 Å². The van der Waals surface area contributed by atoms with Crippen molar-refractivity contribution in [2.75, 3.05) is 33.7 Å². The van der Waals surface area contributed by atoms with Crippen molar-refractivity contribution in [3.05, 3.63) is 17.0 Å². The zero-order chi connectivity index (χ0) is 17.3. The summed E-state index contributed by atoms with van der Waals surface area (Å²) < 4.78 is 5.04. The molecule has 0 aliphatic carbocycles. The van der Waals surface area contributed by atoms with Crippen LogP contribution in [-0.4, -0.2) is 77.3 Å². The Kier molecular flexibility index (Phi) is 4.72. The van der Waals surface area contributed by atoms with Crippen molar-refractivity contribution in [1.29, 1.82) is 0 Å². The summed E-state index contributed by atoms with van der Waals surface area (Å²) in [6, 6.07) is -0.666. The van der Waals surface area contributed by atoms with Crippen molar-refractivity contribution in [3.63, 3.8) is 0 Å². The molecule has 0 aromatic carbocycles. The third kappa shape index (κ3) is 3.20. The summed E-state index contributed by atoms with van der Waals surface area (Å²) in [7, 11) is 3.27. The third-order valence-corrected chi connectivity index (χ3v) is 4.05. The molecule has 126 valence electrons. The number of amides is 3. The molecule has 2 rings (SSSR count). The molecule has 0 radical (unpaired) electrons. The lowest BCUT2D eigenvalue weighted by Crippen LogP contribution is -2.61. The van der Waals surface area contributed by atoms with Gasteiger partial charge >= 0.3 is 0 Å². The van der Waals surface area contributed by atoms with E-state index in [1.165, 1.54) is 16.7 Å². The summed E-state index contributed by atoms with van der Waals surface area (Å²) in [4.78, 5) is 41.4. The molecule has 1 saturated heterocycles. The second-order valence-corrected chi connectivity index (χ2v) is 5.91. The summed E-state index contributed by atoms with van der Waals surface area (Å²) >= 11 is 0. The van der Waals surface area contributed by atoms with Crippen LogP contribution in [0.5, 0.6) is 0 Å². The van der Waals surface area contributed by atoms with Crippen LogP contribution in [0.2, 0.25) is 0 Å². The first-order valence-electron chi connectivity index (χ1n) is 7.44. The lowest BCUT2D eigenvalue weighted by Gasteiger charge is -2.40. The molecule has 0 saturated carbocycles. The summed E-state index contributed by atoms with van der Waals surface area (Å²) in [6.45, 7) is 5.69. The molecular weight excluding hydrogens is 300 g/mol. The smallest absolute Gasteiger partial charge is 0.259 e. The highest BCUT2D eigenvalue weighted by molar-refractivity contribution is 5.97. The van der Waals surface area contributed by atoms with Gasteiger partial charge in [-0.2, -0.15) is 0 Å². The van der Waals surface area contributed by atoms with Gasteiger partial charge in [0.25, 0.3) is 5.91 Å². The fraction of sp³-hybridized carbons (Fsp3) is 0.600. The standard InChI is InChI=1S/C15H22N4O4/c1-9-13(10(2)23-16-9)15(22)18-6-7-19(11(3)20)12(8-18)14(21)17(4)5/h12H,6-8H2,1-5H3. The van der Waals surface area contributed by atoms with Gasteiger partial charge in [-0.3, -0.25) is 14.4 Å². The maximum Gasteiger partial charge on any atom is 0.259 e. The third-order valence-electron chi connectivity index (χ3n) is 4.05. The zero-order valence-corrected chi connectivity index (χ0v) is 14.1. The van der Waals surface area contributed by atoms with E-state index in [1.54, 1.807) is 32.8 Å². The summed E-state index contributed by atoms with van der Waals surface area (Å²) in [5, 5.41) is 3.80. The van der Waals surface area contributed by atoms with Gasteiger partial charge in [-0.1, -0.05) is 5.16 Å². The van der Waals surface area contributed by atoms with Crippen molar-refractivity contribution >= 4 is 17.7 Å². The molecular formula is C15H22N4O4. The number of piperazine rings is 1. The van der Waals surface area contributed by atoms with E-state index in [2.05, 4.69) is 5.16 Å². The first kappa shape index (κ1) is 17.0. The number of carbonyl (C=O) groups is 3. The number of carbonyl (C=O) groups excluding carboxylic acids is 3. The van der Waals surface area contributed by atoms with E-state index in [4.69, 9.17) is 4.52 Å². The van der Waals surface area contributed by atoms with Gasteiger partial charge < -0.3 is 19.2 Å². The maximum absolute atomic E-state index is 12.7. The number of aromatic nitrogens is 1. The fourth-order valence-corrected chi connectivity index (χ4v) is 2.80. The normalized spacial score (nSPS) is 18.0. The molecule has 8 nitrogen and oxygen atoms in total. The molecule has 1 unspecified atom stereocenters. The quantitative estimate of drug-likeness (QED) is 0.768. The topological polar surface area (TPSA) is 87.0 Å². The first-order valence-corrected chi connectivity index (χ1v) is 7.44. The highest BCUT2D eigenvalue weighted by Gasteiger charge is 2.37. The van der Waals surface area contributed by atoms with Crippen molar-refractivity contribution < 1.29 is 18.9 Å². The molecule has 8 heteroatoms. The lowest BCUT2D eigenvalue weighted by atomic mass is 10.1. The van der Waals surface area contributed by atoms with Crippen molar-refractivity contribution in [2.24, 2.45) is 0 Å². The van der Waals surface area contributed by atoms with Crippen LogP contribution < -0.4 is 0 Å². The summed E-state index contributed by atoms with van der Waals surface area (Å²) in [6.07, 6.45) is 0. The van der Waals surface area contributed by atoms with Crippen LogP contribution in [0.25, 0.3) is 0 Å². The van der Waals surface area contributed by atoms with Gasteiger partial charge in [0.2, 0.25) is 11.8 Å². The Bertz CT molecular complexity index is 618. The SMILES string of the molecule is CC(=O)N1CCN(C(=O)c2c(C)noc2C)CC1C(=O)N(C)C. The number of likely N-dealkylation sites (N-methyl/N-ethyl adjacent to an activating group) is 1. The van der Waals surface area contributed by atoms with E-state index in [1.807, 2.05) is 0 Å². The van der Waals surface area contributed by atoms with E-state index in [-0.39, 0.29) is 24.3 Å². The molecule has 2 heterocycles. The predicted molar refractivity (Wildman–Crippen MR) is 81.7 cm³/mol. The monoisotopic (exact) mass is 322 g/mol. The Morgan fingerprint density at radius 1 is 1.22 bits per heavy atom. The molecule has 1 fully saturated rings. The van der Waals surface area contributed by atoms with E-state index < -0.39 is 6.04 Å². The Morgan fingerprint density at radius 3 is 2.35 bits per heavy atom. The summed E-state index contributed by atoms with van der Waals surface area (Å²) in [5.41, 5.74) is 0.953. The van der Waals surface area contributed by atoms with Gasteiger partial charge in [0.1, 0.15) is 17.4 Å². The minimum atomic E-state index is -0.666. The number of hydrogen-bond acceptors (Lipinski definition) is 5. The highest BCUT2D eigenvalue weighted by atomic mass is 16.5. The lowest BCUT2D eigenvalue weighted by molar-refractivity contribution is -0.146. The van der Waals surface area contributed by atoms with Crippen molar-refractivity contribution in [2.45, 2.75) is 26.8 Å². The second kappa shape index (κ2) is 6.39. The van der Waals surface area contributed by atoms with Gasteiger partial charge in [-0.25, -0.2) is 0 Å². The van der Waals surface area contributed by atoms with E-state index in [9.17, 15) is 14.4 Å². The highest BCUT2D eigenvalue weighted by Crippen LogP contribution is 2.19. The number of rotatable bonds is 2. The van der Waals surface area contributed by atoms with Crippen LogP contribution in [0.3, 0.4) is 0 Å². The average molecular weight is 322 g/mol. The number of aryl methyl sites for hydroxylation is 2. The van der Waals surface area contributed by atoms with Crippen LogP contribution in [0, 0.1) is 13.8 Å². The molecule has 23 heavy (non-hydrogen) atoms.